The summed E-state index contributed by atoms with van der Waals surface area (Å²) in [6, 6.07) is 3.70. The van der Waals surface area contributed by atoms with E-state index >= 15 is 0 Å². The fourth-order valence-electron chi connectivity index (χ4n) is 1.41. The lowest BCUT2D eigenvalue weighted by atomic mass is 10.2. The Morgan fingerprint density at radius 3 is 2.61 bits per heavy atom. The number of rotatable bonds is 4. The number of carbonyl (C=O) groups is 1. The number of hydrogen-bond acceptors (Lipinski definition) is 4. The smallest absolute Gasteiger partial charge is 0.338 e. The van der Waals surface area contributed by atoms with Crippen LogP contribution in [0.2, 0.25) is 5.02 Å². The first-order chi connectivity index (χ1) is 8.36. The standard InChI is InChI=1S/C11H12ClNO4S/c12-9-3-8(4-10(5-9)18(13,15)16)11(14)17-6-7-1-2-7/h3-5,7H,1-2,6H2,(H2,13,15,16). The molecular weight excluding hydrogens is 278 g/mol. The first kappa shape index (κ1) is 13.3. The monoisotopic (exact) mass is 289 g/mol. The SMILES string of the molecule is NS(=O)(=O)c1cc(Cl)cc(C(=O)OCC2CC2)c1. The van der Waals surface area contributed by atoms with Crippen molar-refractivity contribution in [2.75, 3.05) is 6.61 Å². The van der Waals surface area contributed by atoms with Crippen molar-refractivity contribution in [3.05, 3.63) is 28.8 Å². The highest BCUT2D eigenvalue weighted by Crippen LogP contribution is 2.29. The lowest BCUT2D eigenvalue weighted by molar-refractivity contribution is 0.0486. The molecule has 0 spiro atoms. The first-order valence-corrected chi connectivity index (χ1v) is 7.29. The molecule has 0 atom stereocenters. The molecule has 0 aromatic heterocycles. The van der Waals surface area contributed by atoms with Crippen LogP contribution in [0.5, 0.6) is 0 Å². The molecule has 1 fully saturated rings. The number of halogens is 1. The van der Waals surface area contributed by atoms with Gasteiger partial charge in [-0.3, -0.25) is 0 Å². The van der Waals surface area contributed by atoms with Crippen LogP contribution < -0.4 is 5.14 Å². The number of ether oxygens (including phenoxy) is 1. The van der Waals surface area contributed by atoms with E-state index in [-0.39, 0.29) is 15.5 Å². The Hall–Kier alpha value is -1.11. The number of esters is 1. The van der Waals surface area contributed by atoms with Gasteiger partial charge in [-0.25, -0.2) is 18.4 Å². The lowest BCUT2D eigenvalue weighted by Crippen LogP contribution is -2.14. The third kappa shape index (κ3) is 3.44. The summed E-state index contributed by atoms with van der Waals surface area (Å²) in [6.07, 6.45) is 2.12. The third-order valence-corrected chi connectivity index (χ3v) is 3.69. The van der Waals surface area contributed by atoms with E-state index < -0.39 is 16.0 Å². The summed E-state index contributed by atoms with van der Waals surface area (Å²) in [5.41, 5.74) is 0.0900. The Morgan fingerprint density at radius 1 is 1.39 bits per heavy atom. The highest BCUT2D eigenvalue weighted by molar-refractivity contribution is 7.89. The molecule has 2 N–H and O–H groups in total. The molecule has 0 saturated heterocycles. The number of carbonyl (C=O) groups excluding carboxylic acids is 1. The normalized spacial score (nSPS) is 15.4. The Labute approximate surface area is 110 Å². The van der Waals surface area contributed by atoms with Gasteiger partial charge < -0.3 is 4.74 Å². The highest BCUT2D eigenvalue weighted by Gasteiger charge is 2.24. The number of benzene rings is 1. The van der Waals surface area contributed by atoms with Crippen molar-refractivity contribution in [3.8, 4) is 0 Å². The summed E-state index contributed by atoms with van der Waals surface area (Å²) in [5, 5.41) is 5.11. The van der Waals surface area contributed by atoms with Crippen LogP contribution in [-0.4, -0.2) is 21.0 Å². The van der Waals surface area contributed by atoms with E-state index in [2.05, 4.69) is 0 Å². The van der Waals surface area contributed by atoms with Crippen molar-refractivity contribution in [1.82, 2.24) is 0 Å². The Balaban J connectivity index is 2.21. The molecule has 2 rings (SSSR count). The average molecular weight is 290 g/mol. The molecule has 0 aliphatic heterocycles. The summed E-state index contributed by atoms with van der Waals surface area (Å²) in [5.74, 6) is -0.153. The van der Waals surface area contributed by atoms with E-state index in [1.165, 1.54) is 12.1 Å². The first-order valence-electron chi connectivity index (χ1n) is 5.37. The minimum Gasteiger partial charge on any atom is -0.462 e. The molecule has 1 aromatic carbocycles. The van der Waals surface area contributed by atoms with E-state index in [9.17, 15) is 13.2 Å². The Bertz CT molecular complexity index is 581. The molecule has 5 nitrogen and oxygen atoms in total. The zero-order valence-electron chi connectivity index (χ0n) is 9.43. The fraction of sp³-hybridized carbons (Fsp3) is 0.364. The van der Waals surface area contributed by atoms with Gasteiger partial charge in [-0.1, -0.05) is 11.6 Å². The molecule has 1 aromatic rings. The summed E-state index contributed by atoms with van der Waals surface area (Å²) >= 11 is 5.75. The lowest BCUT2D eigenvalue weighted by Gasteiger charge is -2.06. The summed E-state index contributed by atoms with van der Waals surface area (Å²) in [4.78, 5) is 11.5. The maximum absolute atomic E-state index is 11.7. The van der Waals surface area contributed by atoms with Crippen molar-refractivity contribution in [3.63, 3.8) is 0 Å². The van der Waals surface area contributed by atoms with Gasteiger partial charge in [0.2, 0.25) is 10.0 Å². The third-order valence-electron chi connectivity index (χ3n) is 2.58. The predicted molar refractivity (Wildman–Crippen MR) is 65.8 cm³/mol. The quantitative estimate of drug-likeness (QED) is 0.852. The number of primary sulfonamides is 1. The number of nitrogens with two attached hydrogens (primary N) is 1. The van der Waals surface area contributed by atoms with Crippen LogP contribution in [0.4, 0.5) is 0 Å². The Kier molecular flexibility index (Phi) is 3.61. The number of sulfonamides is 1. The van der Waals surface area contributed by atoms with Crippen molar-refractivity contribution in [2.45, 2.75) is 17.7 Å². The van der Waals surface area contributed by atoms with Gasteiger partial charge in [0.05, 0.1) is 17.1 Å². The second-order valence-electron chi connectivity index (χ2n) is 4.26. The molecule has 0 amide bonds. The van der Waals surface area contributed by atoms with E-state index in [0.717, 1.165) is 18.9 Å². The van der Waals surface area contributed by atoms with Crippen molar-refractivity contribution in [2.24, 2.45) is 11.1 Å². The van der Waals surface area contributed by atoms with Crippen LogP contribution in [0.1, 0.15) is 23.2 Å². The minimum absolute atomic E-state index is 0.0900. The zero-order chi connectivity index (χ0) is 13.3. The van der Waals surface area contributed by atoms with E-state index in [1.807, 2.05) is 0 Å². The van der Waals surface area contributed by atoms with Gasteiger partial charge in [-0.05, 0) is 37.0 Å². The fourth-order valence-corrected chi connectivity index (χ4v) is 2.29. The average Bonchev–Trinajstić information content (AvgIpc) is 3.07. The van der Waals surface area contributed by atoms with Crippen LogP contribution >= 0.6 is 11.6 Å². The summed E-state index contributed by atoms with van der Waals surface area (Å²) in [6.45, 7) is 0.357. The molecule has 0 radical (unpaired) electrons. The van der Waals surface area contributed by atoms with Crippen LogP contribution in [0.25, 0.3) is 0 Å². The van der Waals surface area contributed by atoms with Gasteiger partial charge in [-0.15, -0.1) is 0 Å². The second kappa shape index (κ2) is 4.87. The molecule has 0 unspecified atom stereocenters. The second-order valence-corrected chi connectivity index (χ2v) is 6.26. The maximum atomic E-state index is 11.7. The largest absolute Gasteiger partial charge is 0.462 e. The molecule has 1 aliphatic rings. The molecule has 18 heavy (non-hydrogen) atoms. The number of hydrogen-bond donors (Lipinski definition) is 1. The van der Waals surface area contributed by atoms with Gasteiger partial charge in [-0.2, -0.15) is 0 Å². The maximum Gasteiger partial charge on any atom is 0.338 e. The van der Waals surface area contributed by atoms with E-state index in [4.69, 9.17) is 21.5 Å². The van der Waals surface area contributed by atoms with Crippen molar-refractivity contribution < 1.29 is 17.9 Å². The summed E-state index contributed by atoms with van der Waals surface area (Å²) in [7, 11) is -3.89. The molecule has 0 heterocycles. The van der Waals surface area contributed by atoms with Crippen LogP contribution in [0.3, 0.4) is 0 Å². The van der Waals surface area contributed by atoms with E-state index in [1.54, 1.807) is 0 Å². The summed E-state index contributed by atoms with van der Waals surface area (Å²) < 4.78 is 27.4. The van der Waals surface area contributed by atoms with Crippen molar-refractivity contribution >= 4 is 27.6 Å². The van der Waals surface area contributed by atoms with E-state index in [0.29, 0.717) is 12.5 Å². The van der Waals surface area contributed by atoms with Gasteiger partial charge in [0.25, 0.3) is 0 Å². The molecular formula is C11H12ClNO4S. The van der Waals surface area contributed by atoms with Gasteiger partial charge in [0.1, 0.15) is 0 Å². The Morgan fingerprint density at radius 2 is 2.06 bits per heavy atom. The van der Waals surface area contributed by atoms with Crippen LogP contribution in [-0.2, 0) is 14.8 Å². The molecule has 0 bridgehead atoms. The molecule has 1 aliphatic carbocycles. The minimum atomic E-state index is -3.89. The van der Waals surface area contributed by atoms with Gasteiger partial charge in [0, 0.05) is 5.02 Å². The van der Waals surface area contributed by atoms with Crippen LogP contribution in [0, 0.1) is 5.92 Å². The predicted octanol–water partition coefficient (Wildman–Crippen LogP) is 1.55. The highest BCUT2D eigenvalue weighted by atomic mass is 35.5. The molecule has 7 heteroatoms. The molecule has 1 saturated carbocycles. The van der Waals surface area contributed by atoms with Gasteiger partial charge >= 0.3 is 5.97 Å². The van der Waals surface area contributed by atoms with Crippen LogP contribution in [0.15, 0.2) is 23.1 Å². The van der Waals surface area contributed by atoms with Crippen molar-refractivity contribution in [1.29, 1.82) is 0 Å². The van der Waals surface area contributed by atoms with Gasteiger partial charge in [0.15, 0.2) is 0 Å². The molecule has 98 valence electrons. The topological polar surface area (TPSA) is 86.5 Å². The zero-order valence-corrected chi connectivity index (χ0v) is 11.0.